The topological polar surface area (TPSA) is 54.7 Å². The summed E-state index contributed by atoms with van der Waals surface area (Å²) in [4.78, 5) is 5.92. The summed E-state index contributed by atoms with van der Waals surface area (Å²) in [7, 11) is -2.01. The van der Waals surface area contributed by atoms with Crippen molar-refractivity contribution in [1.29, 1.82) is 0 Å². The molecule has 0 saturated carbocycles. The molecule has 3 aromatic carbocycles. The van der Waals surface area contributed by atoms with Crippen LogP contribution in [0.4, 0.5) is 5.69 Å². The molecule has 0 aliphatic carbocycles. The molecule has 0 saturated heterocycles. The van der Waals surface area contributed by atoms with E-state index < -0.39 is 10.0 Å². The molecule has 4 aromatic rings. The summed E-state index contributed by atoms with van der Waals surface area (Å²) < 4.78 is 29.9. The van der Waals surface area contributed by atoms with Crippen molar-refractivity contribution in [3.8, 4) is 11.3 Å². The lowest BCUT2D eigenvalue weighted by Gasteiger charge is -2.18. The fourth-order valence-electron chi connectivity index (χ4n) is 3.49. The first-order valence-corrected chi connectivity index (χ1v) is 12.7. The number of benzene rings is 3. The van der Waals surface area contributed by atoms with Crippen molar-refractivity contribution < 1.29 is 8.42 Å². The molecule has 0 aliphatic rings. The Morgan fingerprint density at radius 2 is 1.62 bits per heavy atom. The Morgan fingerprint density at radius 1 is 0.938 bits per heavy atom. The monoisotopic (exact) mass is 463 g/mol. The maximum atomic E-state index is 13.2. The molecular weight excluding hydrogens is 438 g/mol. The molecule has 0 aliphatic heterocycles. The van der Waals surface area contributed by atoms with Crippen LogP contribution >= 0.6 is 11.3 Å². The average molecular weight is 464 g/mol. The SMILES string of the molecule is CCn1c(-c2cccc(S(=O)(=O)N(C)Cc3ccccc3)c2)csc1=Nc1ccccc1. The van der Waals surface area contributed by atoms with Crippen LogP contribution in [0.3, 0.4) is 0 Å². The zero-order valence-corrected chi connectivity index (χ0v) is 19.7. The second-order valence-corrected chi connectivity index (χ2v) is 10.3. The lowest BCUT2D eigenvalue weighted by Crippen LogP contribution is -2.26. The largest absolute Gasteiger partial charge is 0.317 e. The van der Waals surface area contributed by atoms with Gasteiger partial charge < -0.3 is 4.57 Å². The third-order valence-corrected chi connectivity index (χ3v) is 7.84. The van der Waals surface area contributed by atoms with E-state index in [1.54, 1.807) is 36.6 Å². The summed E-state index contributed by atoms with van der Waals surface area (Å²) in [6, 6.07) is 26.6. The van der Waals surface area contributed by atoms with Crippen LogP contribution in [0.25, 0.3) is 11.3 Å². The summed E-state index contributed by atoms with van der Waals surface area (Å²) in [6.07, 6.45) is 0. The molecule has 0 spiro atoms. The summed E-state index contributed by atoms with van der Waals surface area (Å²) in [5.41, 5.74) is 3.65. The first-order valence-electron chi connectivity index (χ1n) is 10.4. The number of thiazole rings is 1. The van der Waals surface area contributed by atoms with Crippen LogP contribution in [0.1, 0.15) is 12.5 Å². The van der Waals surface area contributed by atoms with Crippen molar-refractivity contribution in [2.24, 2.45) is 4.99 Å². The van der Waals surface area contributed by atoms with Gasteiger partial charge in [-0.05, 0) is 36.8 Å². The van der Waals surface area contributed by atoms with Gasteiger partial charge in [0, 0.05) is 31.1 Å². The molecule has 0 atom stereocenters. The van der Waals surface area contributed by atoms with Crippen molar-refractivity contribution in [3.63, 3.8) is 0 Å². The summed E-state index contributed by atoms with van der Waals surface area (Å²) in [5.74, 6) is 0. The molecule has 1 aromatic heterocycles. The van der Waals surface area contributed by atoms with E-state index in [0.29, 0.717) is 6.54 Å². The van der Waals surface area contributed by atoms with Crippen LogP contribution in [0.2, 0.25) is 0 Å². The molecule has 0 radical (unpaired) electrons. The first kappa shape index (κ1) is 22.2. The van der Waals surface area contributed by atoms with Crippen molar-refractivity contribution in [2.75, 3.05) is 7.05 Å². The quantitative estimate of drug-likeness (QED) is 0.374. The average Bonchev–Trinajstić information content (AvgIpc) is 3.23. The van der Waals surface area contributed by atoms with Gasteiger partial charge >= 0.3 is 0 Å². The lowest BCUT2D eigenvalue weighted by atomic mass is 10.2. The molecule has 0 bridgehead atoms. The Kier molecular flexibility index (Phi) is 6.69. The van der Waals surface area contributed by atoms with Gasteiger partial charge in [0.25, 0.3) is 0 Å². The zero-order valence-electron chi connectivity index (χ0n) is 18.0. The number of para-hydroxylation sites is 1. The molecule has 1 heterocycles. The van der Waals surface area contributed by atoms with Crippen LogP contribution < -0.4 is 4.80 Å². The van der Waals surface area contributed by atoms with Gasteiger partial charge in [-0.1, -0.05) is 60.7 Å². The second-order valence-electron chi connectivity index (χ2n) is 7.37. The van der Waals surface area contributed by atoms with E-state index in [4.69, 9.17) is 4.99 Å². The van der Waals surface area contributed by atoms with Crippen molar-refractivity contribution in [1.82, 2.24) is 8.87 Å². The first-order chi connectivity index (χ1) is 15.5. The standard InChI is InChI=1S/C25H25N3O2S2/c1-3-28-24(19-31-25(28)26-22-14-8-5-9-15-22)21-13-10-16-23(17-21)32(29,30)27(2)18-20-11-6-4-7-12-20/h4-17,19H,3,18H2,1-2H3. The molecule has 32 heavy (non-hydrogen) atoms. The Labute approximate surface area is 193 Å². The fourth-order valence-corrected chi connectivity index (χ4v) is 5.69. The summed E-state index contributed by atoms with van der Waals surface area (Å²) in [5, 5.41) is 2.03. The molecule has 0 N–H and O–H groups in total. The maximum Gasteiger partial charge on any atom is 0.243 e. The Morgan fingerprint density at radius 3 is 2.31 bits per heavy atom. The highest BCUT2D eigenvalue weighted by molar-refractivity contribution is 7.89. The van der Waals surface area contributed by atoms with Gasteiger partial charge in [-0.2, -0.15) is 4.31 Å². The molecule has 164 valence electrons. The molecule has 0 unspecified atom stereocenters. The number of hydrogen-bond donors (Lipinski definition) is 0. The van der Waals surface area contributed by atoms with Crippen LogP contribution in [0.5, 0.6) is 0 Å². The van der Waals surface area contributed by atoms with Gasteiger partial charge in [0.2, 0.25) is 10.0 Å². The van der Waals surface area contributed by atoms with Crippen molar-refractivity contribution >= 4 is 27.0 Å². The summed E-state index contributed by atoms with van der Waals surface area (Å²) in [6.45, 7) is 3.12. The Balaban J connectivity index is 1.68. The third kappa shape index (κ3) is 4.75. The molecule has 7 heteroatoms. The molecule has 0 amide bonds. The van der Waals surface area contributed by atoms with E-state index in [0.717, 1.165) is 33.9 Å². The number of nitrogens with zero attached hydrogens (tertiary/aromatic N) is 3. The highest BCUT2D eigenvalue weighted by Crippen LogP contribution is 2.25. The minimum absolute atomic E-state index is 0.281. The minimum atomic E-state index is -3.62. The number of aromatic nitrogens is 1. The van der Waals surface area contributed by atoms with Gasteiger partial charge in [-0.15, -0.1) is 11.3 Å². The zero-order chi connectivity index (χ0) is 22.6. The van der Waals surface area contributed by atoms with E-state index in [1.165, 1.54) is 4.31 Å². The van der Waals surface area contributed by atoms with E-state index in [2.05, 4.69) is 11.5 Å². The normalized spacial score (nSPS) is 12.4. The van der Waals surface area contributed by atoms with Gasteiger partial charge in [0.05, 0.1) is 16.3 Å². The van der Waals surface area contributed by atoms with Crippen LogP contribution in [0.15, 0.2) is 100 Å². The van der Waals surface area contributed by atoms with Gasteiger partial charge in [0.1, 0.15) is 0 Å². The molecule has 0 fully saturated rings. The van der Waals surface area contributed by atoms with E-state index in [9.17, 15) is 8.42 Å². The fraction of sp³-hybridized carbons (Fsp3) is 0.160. The molecular formula is C25H25N3O2S2. The predicted octanol–water partition coefficient (Wildman–Crippen LogP) is 5.29. The van der Waals surface area contributed by atoms with Gasteiger partial charge in [-0.3, -0.25) is 0 Å². The Bertz CT molecular complexity index is 1360. The number of rotatable bonds is 7. The van der Waals surface area contributed by atoms with Crippen molar-refractivity contribution in [2.45, 2.75) is 24.9 Å². The van der Waals surface area contributed by atoms with Crippen molar-refractivity contribution in [3.05, 3.63) is 101 Å². The smallest absolute Gasteiger partial charge is 0.243 e. The predicted molar refractivity (Wildman–Crippen MR) is 130 cm³/mol. The second kappa shape index (κ2) is 9.65. The van der Waals surface area contributed by atoms with Crippen LogP contribution in [-0.4, -0.2) is 24.3 Å². The Hall–Kier alpha value is -3.00. The van der Waals surface area contributed by atoms with E-state index in [1.807, 2.05) is 72.1 Å². The highest BCUT2D eigenvalue weighted by atomic mass is 32.2. The van der Waals surface area contributed by atoms with E-state index in [-0.39, 0.29) is 4.90 Å². The van der Waals surface area contributed by atoms with Gasteiger partial charge in [0.15, 0.2) is 4.80 Å². The maximum absolute atomic E-state index is 13.2. The number of hydrogen-bond acceptors (Lipinski definition) is 4. The minimum Gasteiger partial charge on any atom is -0.317 e. The lowest BCUT2D eigenvalue weighted by molar-refractivity contribution is 0.467. The van der Waals surface area contributed by atoms with E-state index >= 15 is 0 Å². The molecule has 4 rings (SSSR count). The van der Waals surface area contributed by atoms with Crippen LogP contribution in [0, 0.1) is 0 Å². The van der Waals surface area contributed by atoms with Gasteiger partial charge in [-0.25, -0.2) is 13.4 Å². The third-order valence-electron chi connectivity index (χ3n) is 5.18. The van der Waals surface area contributed by atoms with Crippen LogP contribution in [-0.2, 0) is 23.1 Å². The summed E-state index contributed by atoms with van der Waals surface area (Å²) >= 11 is 1.55. The molecule has 5 nitrogen and oxygen atoms in total. The highest BCUT2D eigenvalue weighted by Gasteiger charge is 2.22. The number of sulfonamides is 1.